The highest BCUT2D eigenvalue weighted by atomic mass is 16.5. The Morgan fingerprint density at radius 1 is 0.967 bits per heavy atom. The van der Waals surface area contributed by atoms with Crippen LogP contribution in [0.15, 0.2) is 30.6 Å². The lowest BCUT2D eigenvalue weighted by atomic mass is 9.96. The summed E-state index contributed by atoms with van der Waals surface area (Å²) < 4.78 is 7.64. The van der Waals surface area contributed by atoms with Crippen molar-refractivity contribution in [3.05, 3.63) is 36.2 Å². The quantitative estimate of drug-likeness (QED) is 0.440. The molecule has 0 amide bonds. The Morgan fingerprint density at radius 3 is 2.17 bits per heavy atom. The number of unbranched alkanes of at least 4 members (excludes halogenated alkanes) is 5. The van der Waals surface area contributed by atoms with Gasteiger partial charge in [0.05, 0.1) is 12.3 Å². The number of benzene rings is 1. The van der Waals surface area contributed by atoms with Crippen molar-refractivity contribution >= 4 is 5.69 Å². The van der Waals surface area contributed by atoms with Crippen molar-refractivity contribution in [2.75, 3.05) is 25.1 Å². The highest BCUT2D eigenvalue weighted by Crippen LogP contribution is 2.31. The standard InChI is InChI=1S/C16H21N3O.C8H18.C2H6/c1-4-20-15-8-13-7-12(14-9-17-19(3)10-14)5-6-16(13)18(2)11-15;1-3-5-7-8-6-4-2;1-2/h5-7,9-10,15H,4,8,11H2,1-3H3;3-8H2,1-2H3;1-2H3. The second-order valence-electron chi connectivity index (χ2n) is 7.82. The molecule has 0 bridgehead atoms. The number of aryl methyl sites for hydroxylation is 1. The van der Waals surface area contributed by atoms with E-state index in [2.05, 4.69) is 56.0 Å². The molecule has 1 atom stereocenters. The molecular formula is C26H45N3O. The summed E-state index contributed by atoms with van der Waals surface area (Å²) in [5.41, 5.74) is 5.06. The molecule has 1 aliphatic rings. The largest absolute Gasteiger partial charge is 0.376 e. The zero-order valence-corrected chi connectivity index (χ0v) is 20.6. The lowest BCUT2D eigenvalue weighted by Gasteiger charge is -2.33. The molecule has 1 aromatic carbocycles. The van der Waals surface area contributed by atoms with Crippen LogP contribution in [0.25, 0.3) is 11.1 Å². The first-order chi connectivity index (χ1) is 14.6. The molecule has 1 unspecified atom stereocenters. The maximum Gasteiger partial charge on any atom is 0.0790 e. The van der Waals surface area contributed by atoms with E-state index in [0.717, 1.165) is 25.1 Å². The van der Waals surface area contributed by atoms with Crippen molar-refractivity contribution in [2.24, 2.45) is 7.05 Å². The topological polar surface area (TPSA) is 30.3 Å². The fourth-order valence-electron chi connectivity index (χ4n) is 3.79. The highest BCUT2D eigenvalue weighted by Gasteiger charge is 2.22. The first-order valence-corrected chi connectivity index (χ1v) is 12.0. The van der Waals surface area contributed by atoms with Crippen LogP contribution in [0.3, 0.4) is 0 Å². The fourth-order valence-corrected chi connectivity index (χ4v) is 3.79. The third kappa shape index (κ3) is 8.51. The maximum atomic E-state index is 5.80. The molecule has 2 heterocycles. The predicted molar refractivity (Wildman–Crippen MR) is 131 cm³/mol. The Labute approximate surface area is 185 Å². The number of ether oxygens (including phenoxy) is 1. The molecular weight excluding hydrogens is 370 g/mol. The summed E-state index contributed by atoms with van der Waals surface area (Å²) in [6, 6.07) is 6.65. The van der Waals surface area contributed by atoms with Crippen molar-refractivity contribution < 1.29 is 4.74 Å². The van der Waals surface area contributed by atoms with Gasteiger partial charge in [-0.2, -0.15) is 5.10 Å². The minimum absolute atomic E-state index is 0.293. The molecule has 0 saturated heterocycles. The number of likely N-dealkylation sites (N-methyl/N-ethyl adjacent to an activating group) is 1. The van der Waals surface area contributed by atoms with E-state index in [0.29, 0.717) is 6.10 Å². The van der Waals surface area contributed by atoms with Crippen LogP contribution < -0.4 is 4.90 Å². The highest BCUT2D eigenvalue weighted by molar-refractivity contribution is 5.69. The second-order valence-corrected chi connectivity index (χ2v) is 7.82. The Balaban J connectivity index is 0.000000383. The van der Waals surface area contributed by atoms with E-state index in [1.54, 1.807) is 0 Å². The van der Waals surface area contributed by atoms with E-state index in [9.17, 15) is 0 Å². The van der Waals surface area contributed by atoms with Gasteiger partial charge in [-0.3, -0.25) is 4.68 Å². The lowest BCUT2D eigenvalue weighted by molar-refractivity contribution is 0.0659. The van der Waals surface area contributed by atoms with E-state index in [-0.39, 0.29) is 0 Å². The van der Waals surface area contributed by atoms with E-state index in [4.69, 9.17) is 4.74 Å². The summed E-state index contributed by atoms with van der Waals surface area (Å²) in [5, 5.41) is 4.25. The molecule has 30 heavy (non-hydrogen) atoms. The van der Waals surface area contributed by atoms with Gasteiger partial charge in [0.1, 0.15) is 0 Å². The Bertz CT molecular complexity index is 689. The molecule has 2 aromatic rings. The van der Waals surface area contributed by atoms with Gasteiger partial charge >= 0.3 is 0 Å². The fraction of sp³-hybridized carbons (Fsp3) is 0.654. The molecule has 1 aromatic heterocycles. The van der Waals surface area contributed by atoms with E-state index in [1.807, 2.05) is 38.0 Å². The van der Waals surface area contributed by atoms with Crippen molar-refractivity contribution in [3.8, 4) is 11.1 Å². The summed E-state index contributed by atoms with van der Waals surface area (Å²) in [6.07, 6.45) is 13.7. The van der Waals surface area contributed by atoms with Crippen molar-refractivity contribution in [1.82, 2.24) is 9.78 Å². The number of rotatable bonds is 8. The molecule has 0 N–H and O–H groups in total. The molecule has 4 heteroatoms. The van der Waals surface area contributed by atoms with Crippen LogP contribution in [0, 0.1) is 0 Å². The van der Waals surface area contributed by atoms with Gasteiger partial charge in [0.2, 0.25) is 0 Å². The Kier molecular flexibility index (Phi) is 13.2. The van der Waals surface area contributed by atoms with Gasteiger partial charge in [-0.15, -0.1) is 0 Å². The maximum absolute atomic E-state index is 5.80. The number of fused-ring (bicyclic) bond motifs is 1. The molecule has 170 valence electrons. The zero-order valence-electron chi connectivity index (χ0n) is 20.6. The third-order valence-corrected chi connectivity index (χ3v) is 5.31. The van der Waals surface area contributed by atoms with Crippen molar-refractivity contribution in [3.63, 3.8) is 0 Å². The zero-order chi connectivity index (χ0) is 22.4. The van der Waals surface area contributed by atoms with Gasteiger partial charge in [-0.05, 0) is 30.2 Å². The van der Waals surface area contributed by atoms with Crippen molar-refractivity contribution in [1.29, 1.82) is 0 Å². The molecule has 1 aliphatic heterocycles. The van der Waals surface area contributed by atoms with Crippen LogP contribution in [0.1, 0.15) is 78.7 Å². The molecule has 0 fully saturated rings. The molecule has 0 spiro atoms. The number of nitrogens with zero attached hydrogens (tertiary/aromatic N) is 3. The molecule has 0 radical (unpaired) electrons. The van der Waals surface area contributed by atoms with Crippen LogP contribution in [0.5, 0.6) is 0 Å². The van der Waals surface area contributed by atoms with Crippen LogP contribution in [-0.2, 0) is 18.2 Å². The smallest absolute Gasteiger partial charge is 0.0790 e. The van der Waals surface area contributed by atoms with Gasteiger partial charge < -0.3 is 9.64 Å². The number of anilines is 1. The van der Waals surface area contributed by atoms with Crippen molar-refractivity contribution in [2.45, 2.75) is 85.7 Å². The second kappa shape index (κ2) is 15.1. The minimum atomic E-state index is 0.293. The normalized spacial score (nSPS) is 14.9. The van der Waals surface area contributed by atoms with Gasteiger partial charge in [0, 0.05) is 51.1 Å². The number of hydrogen-bond acceptors (Lipinski definition) is 3. The summed E-state index contributed by atoms with van der Waals surface area (Å²) in [5.74, 6) is 0. The van der Waals surface area contributed by atoms with Crippen LogP contribution in [-0.4, -0.2) is 36.1 Å². The van der Waals surface area contributed by atoms with Gasteiger partial charge in [0.15, 0.2) is 0 Å². The van der Waals surface area contributed by atoms with Gasteiger partial charge in [-0.25, -0.2) is 0 Å². The van der Waals surface area contributed by atoms with E-state index < -0.39 is 0 Å². The van der Waals surface area contributed by atoms with Gasteiger partial charge in [-0.1, -0.05) is 72.3 Å². The summed E-state index contributed by atoms with van der Waals surface area (Å²) in [6.45, 7) is 12.3. The monoisotopic (exact) mass is 415 g/mol. The average Bonchev–Trinajstić information content (AvgIpc) is 3.19. The third-order valence-electron chi connectivity index (χ3n) is 5.31. The number of hydrogen-bond donors (Lipinski definition) is 0. The SMILES string of the molecule is CC.CCCCCCCC.CCOC1Cc2cc(-c3cnn(C)c3)ccc2N(C)C1. The summed E-state index contributed by atoms with van der Waals surface area (Å²) in [7, 11) is 4.08. The van der Waals surface area contributed by atoms with Crippen LogP contribution in [0.2, 0.25) is 0 Å². The van der Waals surface area contributed by atoms with E-state index >= 15 is 0 Å². The first-order valence-electron chi connectivity index (χ1n) is 12.0. The van der Waals surface area contributed by atoms with E-state index in [1.165, 1.54) is 55.3 Å². The molecule has 3 rings (SSSR count). The molecule has 0 aliphatic carbocycles. The summed E-state index contributed by atoms with van der Waals surface area (Å²) in [4.78, 5) is 2.28. The minimum Gasteiger partial charge on any atom is -0.376 e. The van der Waals surface area contributed by atoms with Crippen LogP contribution in [0.4, 0.5) is 5.69 Å². The first kappa shape index (κ1) is 26.2. The Morgan fingerprint density at radius 2 is 1.63 bits per heavy atom. The van der Waals surface area contributed by atoms with Crippen LogP contribution >= 0.6 is 0 Å². The Hall–Kier alpha value is -1.81. The predicted octanol–water partition coefficient (Wildman–Crippen LogP) is 6.88. The average molecular weight is 416 g/mol. The molecule has 0 saturated carbocycles. The lowest BCUT2D eigenvalue weighted by Crippen LogP contribution is -2.37. The van der Waals surface area contributed by atoms with Gasteiger partial charge in [0.25, 0.3) is 0 Å². The number of aromatic nitrogens is 2. The molecule has 4 nitrogen and oxygen atoms in total. The summed E-state index contributed by atoms with van der Waals surface area (Å²) >= 11 is 0.